The third kappa shape index (κ3) is 4.98. The zero-order valence-electron chi connectivity index (χ0n) is 18.6. The quantitative estimate of drug-likeness (QED) is 0.191. The van der Waals surface area contributed by atoms with Crippen LogP contribution in [0.3, 0.4) is 0 Å². The van der Waals surface area contributed by atoms with Crippen LogP contribution in [0.15, 0.2) is 109 Å². The highest BCUT2D eigenvalue weighted by Crippen LogP contribution is 2.28. The molecular weight excluding hydrogens is 458 g/mol. The van der Waals surface area contributed by atoms with Crippen LogP contribution in [-0.2, 0) is 4.74 Å². The molecule has 0 aliphatic carbocycles. The van der Waals surface area contributed by atoms with Crippen LogP contribution in [0.1, 0.15) is 20.7 Å². The van der Waals surface area contributed by atoms with E-state index in [1.807, 2.05) is 66.7 Å². The van der Waals surface area contributed by atoms with Crippen molar-refractivity contribution >= 4 is 34.3 Å². The van der Waals surface area contributed by atoms with E-state index in [1.54, 1.807) is 30.3 Å². The van der Waals surface area contributed by atoms with E-state index in [9.17, 15) is 9.59 Å². The maximum Gasteiger partial charge on any atom is 0.339 e. The summed E-state index contributed by atoms with van der Waals surface area (Å²) in [5.74, 6) is -0.905. The molecule has 0 bridgehead atoms. The Morgan fingerprint density at radius 1 is 0.714 bits per heavy atom. The van der Waals surface area contributed by atoms with E-state index in [2.05, 4.69) is 12.1 Å². The Kier molecular flexibility index (Phi) is 6.38. The van der Waals surface area contributed by atoms with Gasteiger partial charge >= 0.3 is 5.97 Å². The number of fused-ring (bicyclic) bond motifs is 1. The van der Waals surface area contributed by atoms with Gasteiger partial charge < -0.3 is 4.74 Å². The van der Waals surface area contributed by atoms with Crippen molar-refractivity contribution in [1.82, 2.24) is 4.98 Å². The van der Waals surface area contributed by atoms with Crippen LogP contribution < -0.4 is 0 Å². The molecule has 5 aromatic rings. The number of nitrogens with zero attached hydrogens (tertiary/aromatic N) is 1. The molecule has 0 aliphatic heterocycles. The van der Waals surface area contributed by atoms with E-state index < -0.39 is 5.97 Å². The smallest absolute Gasteiger partial charge is 0.339 e. The second-order valence-corrected chi connectivity index (χ2v) is 8.46. The number of carbonyl (C=O) groups excluding carboxylic acids is 2. The summed E-state index contributed by atoms with van der Waals surface area (Å²) in [6.45, 7) is -0.378. The number of hydrogen-bond donors (Lipinski definition) is 0. The summed E-state index contributed by atoms with van der Waals surface area (Å²) in [4.78, 5) is 30.3. The van der Waals surface area contributed by atoms with Gasteiger partial charge in [0.1, 0.15) is 0 Å². The molecule has 0 radical (unpaired) electrons. The van der Waals surface area contributed by atoms with Gasteiger partial charge in [-0.15, -0.1) is 0 Å². The van der Waals surface area contributed by atoms with Crippen LogP contribution >= 0.6 is 11.6 Å². The fraction of sp³-hybridized carbons (Fsp3) is 0.0333. The third-order valence-corrected chi connectivity index (χ3v) is 5.94. The lowest BCUT2D eigenvalue weighted by Crippen LogP contribution is -2.15. The van der Waals surface area contributed by atoms with Crippen molar-refractivity contribution in [1.29, 1.82) is 0 Å². The molecule has 5 heteroatoms. The summed E-state index contributed by atoms with van der Waals surface area (Å²) >= 11 is 5.97. The van der Waals surface area contributed by atoms with Gasteiger partial charge in [-0.25, -0.2) is 9.78 Å². The minimum absolute atomic E-state index is 0.323. The van der Waals surface area contributed by atoms with Crippen molar-refractivity contribution in [2.45, 2.75) is 0 Å². The first-order valence-electron chi connectivity index (χ1n) is 11.1. The third-order valence-electron chi connectivity index (χ3n) is 5.70. The zero-order chi connectivity index (χ0) is 24.2. The summed E-state index contributed by atoms with van der Waals surface area (Å²) in [7, 11) is 0. The van der Waals surface area contributed by atoms with Crippen molar-refractivity contribution in [2.75, 3.05) is 6.61 Å². The van der Waals surface area contributed by atoms with Crippen molar-refractivity contribution in [3.63, 3.8) is 0 Å². The number of ketones is 1. The molecule has 0 aliphatic rings. The number of aromatic nitrogens is 1. The number of halogens is 1. The first kappa shape index (κ1) is 22.5. The lowest BCUT2D eigenvalue weighted by atomic mass is 10.0. The second kappa shape index (κ2) is 9.92. The molecule has 1 aromatic heterocycles. The van der Waals surface area contributed by atoms with Crippen molar-refractivity contribution in [3.8, 4) is 22.4 Å². The SMILES string of the molecule is O=C(COC(=O)c1cc(-c2ccc(-c3ccccc3)cc2)nc2ccccc12)c1cccc(Cl)c1. The Morgan fingerprint density at radius 3 is 2.17 bits per heavy atom. The van der Waals surface area contributed by atoms with Crippen molar-refractivity contribution < 1.29 is 14.3 Å². The number of Topliss-reactive ketones (excluding diaryl/α,β-unsaturated/α-hetero) is 1. The number of para-hydroxylation sites is 1. The Bertz CT molecular complexity index is 1530. The maximum absolute atomic E-state index is 13.1. The highest BCUT2D eigenvalue weighted by atomic mass is 35.5. The Balaban J connectivity index is 1.43. The van der Waals surface area contributed by atoms with Gasteiger partial charge in [0.15, 0.2) is 12.4 Å². The molecular formula is C30H20ClNO3. The molecule has 4 aromatic carbocycles. The fourth-order valence-corrected chi connectivity index (χ4v) is 4.10. The van der Waals surface area contributed by atoms with E-state index in [0.29, 0.717) is 32.7 Å². The standard InChI is InChI=1S/C30H20ClNO3/c31-24-10-6-9-23(17-24)29(33)19-35-30(34)26-18-28(32-27-12-5-4-11-25(26)27)22-15-13-21(14-16-22)20-7-2-1-3-8-20/h1-18H,19H2. The maximum atomic E-state index is 13.1. The normalized spacial score (nSPS) is 10.8. The first-order valence-corrected chi connectivity index (χ1v) is 11.5. The molecule has 5 rings (SSSR count). The fourth-order valence-electron chi connectivity index (χ4n) is 3.91. The number of hydrogen-bond acceptors (Lipinski definition) is 4. The van der Waals surface area contributed by atoms with Crippen LogP contribution in [0.4, 0.5) is 0 Å². The molecule has 0 N–H and O–H groups in total. The number of pyridine rings is 1. The Hall–Kier alpha value is -4.28. The minimum Gasteiger partial charge on any atom is -0.454 e. The topological polar surface area (TPSA) is 56.3 Å². The summed E-state index contributed by atoms with van der Waals surface area (Å²) in [5, 5.41) is 1.11. The van der Waals surface area contributed by atoms with E-state index >= 15 is 0 Å². The molecule has 0 saturated carbocycles. The van der Waals surface area contributed by atoms with Gasteiger partial charge in [-0.3, -0.25) is 4.79 Å². The number of rotatable bonds is 6. The van der Waals surface area contributed by atoms with E-state index in [-0.39, 0.29) is 12.4 Å². The molecule has 0 saturated heterocycles. The summed E-state index contributed by atoms with van der Waals surface area (Å²) in [6.07, 6.45) is 0. The molecule has 0 atom stereocenters. The van der Waals surface area contributed by atoms with Crippen LogP contribution in [0.2, 0.25) is 5.02 Å². The Morgan fingerprint density at radius 2 is 1.40 bits per heavy atom. The largest absolute Gasteiger partial charge is 0.454 e. The summed E-state index contributed by atoms with van der Waals surface area (Å²) in [5.41, 5.74) is 5.16. The lowest BCUT2D eigenvalue weighted by Gasteiger charge is -2.11. The lowest BCUT2D eigenvalue weighted by molar-refractivity contribution is 0.0476. The van der Waals surface area contributed by atoms with Gasteiger partial charge in [-0.2, -0.15) is 0 Å². The van der Waals surface area contributed by atoms with E-state index in [4.69, 9.17) is 21.3 Å². The van der Waals surface area contributed by atoms with Gasteiger partial charge in [-0.1, -0.05) is 96.5 Å². The Labute approximate surface area is 207 Å². The number of esters is 1. The monoisotopic (exact) mass is 477 g/mol. The summed E-state index contributed by atoms with van der Waals surface area (Å²) in [6, 6.07) is 33.8. The average molecular weight is 478 g/mol. The van der Waals surface area contributed by atoms with Gasteiger partial charge in [0.05, 0.1) is 16.8 Å². The van der Waals surface area contributed by atoms with Crippen LogP contribution in [0.5, 0.6) is 0 Å². The predicted octanol–water partition coefficient (Wildman–Crippen LogP) is 7.26. The van der Waals surface area contributed by atoms with Gasteiger partial charge in [0, 0.05) is 21.5 Å². The van der Waals surface area contributed by atoms with Gasteiger partial charge in [-0.05, 0) is 35.4 Å². The van der Waals surface area contributed by atoms with E-state index in [0.717, 1.165) is 16.7 Å². The second-order valence-electron chi connectivity index (χ2n) is 8.03. The van der Waals surface area contributed by atoms with Crippen molar-refractivity contribution in [2.24, 2.45) is 0 Å². The molecule has 0 unspecified atom stereocenters. The van der Waals surface area contributed by atoms with Crippen molar-refractivity contribution in [3.05, 3.63) is 125 Å². The molecule has 0 amide bonds. The highest BCUT2D eigenvalue weighted by Gasteiger charge is 2.17. The highest BCUT2D eigenvalue weighted by molar-refractivity contribution is 6.31. The van der Waals surface area contributed by atoms with Crippen LogP contribution in [0, 0.1) is 0 Å². The number of carbonyl (C=O) groups is 2. The average Bonchev–Trinajstić information content (AvgIpc) is 2.91. The minimum atomic E-state index is -0.582. The van der Waals surface area contributed by atoms with Gasteiger partial charge in [0.25, 0.3) is 0 Å². The molecule has 0 spiro atoms. The molecule has 0 fully saturated rings. The molecule has 170 valence electrons. The van der Waals surface area contributed by atoms with E-state index in [1.165, 1.54) is 0 Å². The molecule has 1 heterocycles. The van der Waals surface area contributed by atoms with Gasteiger partial charge in [0.2, 0.25) is 0 Å². The zero-order valence-corrected chi connectivity index (χ0v) is 19.4. The summed E-state index contributed by atoms with van der Waals surface area (Å²) < 4.78 is 5.40. The molecule has 35 heavy (non-hydrogen) atoms. The number of benzene rings is 4. The van der Waals surface area contributed by atoms with Crippen LogP contribution in [-0.4, -0.2) is 23.3 Å². The molecule has 4 nitrogen and oxygen atoms in total. The number of ether oxygens (including phenoxy) is 1. The first-order chi connectivity index (χ1) is 17.1. The van der Waals surface area contributed by atoms with Crippen LogP contribution in [0.25, 0.3) is 33.3 Å². The predicted molar refractivity (Wildman–Crippen MR) is 139 cm³/mol.